The van der Waals surface area contributed by atoms with Crippen molar-refractivity contribution in [2.24, 2.45) is 0 Å². The third-order valence-electron chi connectivity index (χ3n) is 3.86. The van der Waals surface area contributed by atoms with Gasteiger partial charge in [0.05, 0.1) is 13.7 Å². The van der Waals surface area contributed by atoms with Gasteiger partial charge in [-0.3, -0.25) is 9.69 Å². The van der Waals surface area contributed by atoms with Gasteiger partial charge in [-0.15, -0.1) is 0 Å². The second-order valence-electron chi connectivity index (χ2n) is 5.57. The summed E-state index contributed by atoms with van der Waals surface area (Å²) in [7, 11) is 1.46. The number of hydrogen-bond donors (Lipinski definition) is 1. The topological polar surface area (TPSA) is 80.5 Å². The Kier molecular flexibility index (Phi) is 4.87. The van der Waals surface area contributed by atoms with Crippen molar-refractivity contribution in [3.05, 3.63) is 46.8 Å². The zero-order valence-electron chi connectivity index (χ0n) is 13.1. The van der Waals surface area contributed by atoms with Gasteiger partial charge >= 0.3 is 0 Å². The van der Waals surface area contributed by atoms with E-state index in [9.17, 15) is 4.79 Å². The lowest BCUT2D eigenvalue weighted by atomic mass is 10.1. The molecule has 122 valence electrons. The van der Waals surface area contributed by atoms with Crippen LogP contribution >= 0.6 is 0 Å². The van der Waals surface area contributed by atoms with Gasteiger partial charge in [0.2, 0.25) is 17.1 Å². The Balaban J connectivity index is 1.60. The van der Waals surface area contributed by atoms with E-state index in [0.717, 1.165) is 25.9 Å². The number of piperidine rings is 1. The maximum absolute atomic E-state index is 11.8. The van der Waals surface area contributed by atoms with E-state index in [-0.39, 0.29) is 17.2 Å². The number of likely N-dealkylation sites (tertiary alicyclic amines) is 1. The number of anilines is 1. The highest BCUT2D eigenvalue weighted by atomic mass is 16.5. The van der Waals surface area contributed by atoms with Crippen LogP contribution in [0.2, 0.25) is 0 Å². The van der Waals surface area contributed by atoms with Crippen LogP contribution in [0.25, 0.3) is 0 Å². The molecule has 0 radical (unpaired) electrons. The first-order chi connectivity index (χ1) is 11.2. The highest BCUT2D eigenvalue weighted by Crippen LogP contribution is 2.16. The number of aromatic nitrogens is 2. The van der Waals surface area contributed by atoms with Gasteiger partial charge in [0.15, 0.2) is 0 Å². The summed E-state index contributed by atoms with van der Waals surface area (Å²) in [4.78, 5) is 22.4. The maximum Gasteiger partial charge on any atom is 0.227 e. The van der Waals surface area contributed by atoms with Gasteiger partial charge in [0.25, 0.3) is 0 Å². The predicted octanol–water partition coefficient (Wildman–Crippen LogP) is 1.51. The van der Waals surface area contributed by atoms with Crippen LogP contribution in [0.3, 0.4) is 0 Å². The maximum atomic E-state index is 11.8. The Morgan fingerprint density at radius 1 is 1.43 bits per heavy atom. The van der Waals surface area contributed by atoms with Crippen molar-refractivity contribution in [3.63, 3.8) is 0 Å². The van der Waals surface area contributed by atoms with Crippen molar-refractivity contribution in [1.82, 2.24) is 14.9 Å². The second-order valence-corrected chi connectivity index (χ2v) is 5.57. The van der Waals surface area contributed by atoms with E-state index in [0.29, 0.717) is 18.3 Å². The lowest BCUT2D eigenvalue weighted by molar-refractivity contribution is 0.191. The number of nitrogens with zero attached hydrogens (tertiary/aromatic N) is 3. The smallest absolute Gasteiger partial charge is 0.227 e. The fourth-order valence-electron chi connectivity index (χ4n) is 2.76. The van der Waals surface area contributed by atoms with Crippen LogP contribution in [-0.2, 0) is 6.54 Å². The normalized spacial score (nSPS) is 18.6. The summed E-state index contributed by atoms with van der Waals surface area (Å²) >= 11 is 0. The molecule has 1 N–H and O–H groups in total. The molecule has 0 aliphatic carbocycles. The van der Waals surface area contributed by atoms with Crippen LogP contribution in [0.1, 0.15) is 18.6 Å². The molecule has 0 aromatic carbocycles. The molecule has 7 heteroatoms. The number of ether oxygens (including phenoxy) is 1. The third-order valence-corrected chi connectivity index (χ3v) is 3.86. The highest BCUT2D eigenvalue weighted by molar-refractivity contribution is 5.24. The number of hydrogen-bond acceptors (Lipinski definition) is 7. The van der Waals surface area contributed by atoms with Crippen LogP contribution in [0, 0.1) is 0 Å². The average molecular weight is 316 g/mol. The molecule has 1 aliphatic rings. The first-order valence-corrected chi connectivity index (χ1v) is 7.66. The zero-order valence-corrected chi connectivity index (χ0v) is 13.1. The minimum Gasteiger partial charge on any atom is -0.490 e. The molecule has 2 aromatic heterocycles. The Morgan fingerprint density at radius 2 is 2.26 bits per heavy atom. The molecular weight excluding hydrogens is 296 g/mol. The van der Waals surface area contributed by atoms with Crippen LogP contribution in [-0.4, -0.2) is 41.1 Å². The second kappa shape index (κ2) is 7.23. The molecule has 0 spiro atoms. The summed E-state index contributed by atoms with van der Waals surface area (Å²) in [6, 6.07) is 3.58. The van der Waals surface area contributed by atoms with E-state index in [2.05, 4.69) is 20.2 Å². The Morgan fingerprint density at radius 3 is 3.00 bits per heavy atom. The largest absolute Gasteiger partial charge is 0.490 e. The van der Waals surface area contributed by atoms with E-state index < -0.39 is 0 Å². The zero-order chi connectivity index (χ0) is 16.1. The van der Waals surface area contributed by atoms with Gasteiger partial charge in [-0.1, -0.05) is 0 Å². The van der Waals surface area contributed by atoms with Crippen molar-refractivity contribution in [2.75, 3.05) is 25.5 Å². The molecule has 0 bridgehead atoms. The fourth-order valence-corrected chi connectivity index (χ4v) is 2.76. The van der Waals surface area contributed by atoms with Gasteiger partial charge in [-0.25, -0.2) is 9.97 Å². The summed E-state index contributed by atoms with van der Waals surface area (Å²) in [6.45, 7) is 2.44. The van der Waals surface area contributed by atoms with E-state index in [1.54, 1.807) is 18.5 Å². The minimum atomic E-state index is -0.155. The van der Waals surface area contributed by atoms with E-state index in [1.807, 2.05) is 0 Å². The Labute approximate surface area is 134 Å². The molecule has 3 rings (SSSR count). The fraction of sp³-hybridized carbons (Fsp3) is 0.438. The van der Waals surface area contributed by atoms with Crippen LogP contribution in [0.5, 0.6) is 5.75 Å². The molecule has 2 aromatic rings. The van der Waals surface area contributed by atoms with Gasteiger partial charge in [0.1, 0.15) is 12.0 Å². The van der Waals surface area contributed by atoms with E-state index >= 15 is 0 Å². The Bertz CT molecular complexity index is 689. The van der Waals surface area contributed by atoms with Crippen LogP contribution in [0.15, 0.2) is 40.0 Å². The van der Waals surface area contributed by atoms with E-state index in [4.69, 9.17) is 9.15 Å². The highest BCUT2D eigenvalue weighted by Gasteiger charge is 2.21. The van der Waals surface area contributed by atoms with Crippen LogP contribution in [0.4, 0.5) is 5.95 Å². The molecule has 1 fully saturated rings. The summed E-state index contributed by atoms with van der Waals surface area (Å²) in [6.07, 6.45) is 6.96. The van der Waals surface area contributed by atoms with Gasteiger partial charge in [0, 0.05) is 31.0 Å². The molecule has 1 aliphatic heterocycles. The quantitative estimate of drug-likeness (QED) is 0.895. The van der Waals surface area contributed by atoms with Gasteiger partial charge in [-0.2, -0.15) is 0 Å². The van der Waals surface area contributed by atoms with Crippen molar-refractivity contribution < 1.29 is 9.15 Å². The van der Waals surface area contributed by atoms with Crippen LogP contribution < -0.4 is 15.5 Å². The van der Waals surface area contributed by atoms with E-state index in [1.165, 1.54) is 19.4 Å². The first kappa shape index (κ1) is 15.5. The molecule has 23 heavy (non-hydrogen) atoms. The monoisotopic (exact) mass is 316 g/mol. The average Bonchev–Trinajstić information content (AvgIpc) is 2.56. The number of rotatable bonds is 5. The van der Waals surface area contributed by atoms with Gasteiger partial charge < -0.3 is 14.5 Å². The molecule has 0 saturated carbocycles. The number of methoxy groups -OCH3 is 1. The third kappa shape index (κ3) is 4.07. The molecule has 1 unspecified atom stereocenters. The molecule has 1 atom stereocenters. The summed E-state index contributed by atoms with van der Waals surface area (Å²) in [5.74, 6) is 1.52. The summed E-state index contributed by atoms with van der Waals surface area (Å²) < 4.78 is 10.4. The van der Waals surface area contributed by atoms with Crippen molar-refractivity contribution >= 4 is 5.95 Å². The minimum absolute atomic E-state index is 0.155. The first-order valence-electron chi connectivity index (χ1n) is 7.66. The molecule has 3 heterocycles. The standard InChI is InChI=1S/C16H20N4O3/c1-22-15-11-23-13(8-14(15)21)10-20-7-2-4-12(9-20)19-16-17-5-3-6-18-16/h3,5-6,8,11-12H,2,4,7,9-10H2,1H3,(H,17,18,19). The lowest BCUT2D eigenvalue weighted by Gasteiger charge is -2.32. The van der Waals surface area contributed by atoms with Crippen molar-refractivity contribution in [2.45, 2.75) is 25.4 Å². The summed E-state index contributed by atoms with van der Waals surface area (Å²) in [5, 5.41) is 3.35. The van der Waals surface area contributed by atoms with Crippen molar-refractivity contribution in [1.29, 1.82) is 0 Å². The molecule has 0 amide bonds. The lowest BCUT2D eigenvalue weighted by Crippen LogP contribution is -2.42. The molecular formula is C16H20N4O3. The molecule has 1 saturated heterocycles. The van der Waals surface area contributed by atoms with Gasteiger partial charge in [-0.05, 0) is 25.5 Å². The van der Waals surface area contributed by atoms with Crippen molar-refractivity contribution in [3.8, 4) is 5.75 Å². The number of nitrogens with one attached hydrogen (secondary N) is 1. The SMILES string of the molecule is COc1coc(CN2CCCC(Nc3ncccn3)C2)cc1=O. The molecule has 7 nitrogen and oxygen atoms in total. The predicted molar refractivity (Wildman–Crippen MR) is 85.5 cm³/mol. The Hall–Kier alpha value is -2.41. The summed E-state index contributed by atoms with van der Waals surface area (Å²) in [5.41, 5.74) is -0.155.